The van der Waals surface area contributed by atoms with Gasteiger partial charge in [0.15, 0.2) is 0 Å². The molecule has 2 N–H and O–H groups in total. The minimum Gasteiger partial charge on any atom is -0.393 e. The molecule has 2 atom stereocenters. The highest BCUT2D eigenvalue weighted by molar-refractivity contribution is 5.98. The van der Waals surface area contributed by atoms with Gasteiger partial charge in [-0.15, -0.1) is 0 Å². The van der Waals surface area contributed by atoms with Crippen LogP contribution in [-0.2, 0) is 11.3 Å². The van der Waals surface area contributed by atoms with Crippen LogP contribution in [0.2, 0.25) is 0 Å². The molecule has 0 saturated carbocycles. The van der Waals surface area contributed by atoms with Crippen LogP contribution in [0.3, 0.4) is 0 Å². The molecule has 0 spiro atoms. The number of likely N-dealkylation sites (tertiary alicyclic amines) is 1. The maximum atomic E-state index is 13.2. The fraction of sp³-hybridized carbons (Fsp3) is 0.579. The zero-order valence-electron chi connectivity index (χ0n) is 14.9. The van der Waals surface area contributed by atoms with Crippen molar-refractivity contribution in [2.75, 3.05) is 18.4 Å². The number of nitrogens with zero attached hydrogens (tertiary/aromatic N) is 2. The Bertz CT molecular complexity index is 641. The zero-order valence-corrected chi connectivity index (χ0v) is 14.9. The first-order valence-electron chi connectivity index (χ1n) is 9.13. The number of amides is 3. The van der Waals surface area contributed by atoms with E-state index in [9.17, 15) is 14.7 Å². The van der Waals surface area contributed by atoms with Crippen molar-refractivity contribution in [3.05, 3.63) is 29.8 Å². The number of carbonyl (C=O) groups excluding carboxylic acids is 2. The molecule has 3 amide bonds. The van der Waals surface area contributed by atoms with Crippen molar-refractivity contribution in [3.8, 4) is 0 Å². The lowest BCUT2D eigenvalue weighted by atomic mass is 9.97. The molecule has 1 aromatic rings. The van der Waals surface area contributed by atoms with Crippen molar-refractivity contribution < 1.29 is 14.7 Å². The molecule has 6 nitrogen and oxygen atoms in total. The Morgan fingerprint density at radius 2 is 2.00 bits per heavy atom. The van der Waals surface area contributed by atoms with E-state index >= 15 is 0 Å². The summed E-state index contributed by atoms with van der Waals surface area (Å²) in [4.78, 5) is 29.5. The largest absolute Gasteiger partial charge is 0.393 e. The van der Waals surface area contributed by atoms with E-state index in [1.165, 1.54) is 0 Å². The third-order valence-corrected chi connectivity index (χ3v) is 5.38. The Labute approximate surface area is 148 Å². The molecule has 136 valence electrons. The SMILES string of the molecule is CC[C@H](C)[C@H]1C(=O)Nc2ccccc2CN1C(=O)N1CCC(O)CC1. The van der Waals surface area contributed by atoms with Gasteiger partial charge in [-0.3, -0.25) is 4.79 Å². The number of hydrogen-bond acceptors (Lipinski definition) is 3. The first-order chi connectivity index (χ1) is 12.0. The van der Waals surface area contributed by atoms with Gasteiger partial charge < -0.3 is 20.2 Å². The Balaban J connectivity index is 1.91. The second-order valence-corrected chi connectivity index (χ2v) is 7.11. The minimum atomic E-state index is -0.489. The number of piperidine rings is 1. The second kappa shape index (κ2) is 7.44. The first-order valence-corrected chi connectivity index (χ1v) is 9.13. The number of rotatable bonds is 2. The molecule has 3 rings (SSSR count). The van der Waals surface area contributed by atoms with Gasteiger partial charge in [-0.2, -0.15) is 0 Å². The summed E-state index contributed by atoms with van der Waals surface area (Å²) >= 11 is 0. The normalized spacial score (nSPS) is 22.8. The smallest absolute Gasteiger partial charge is 0.321 e. The predicted octanol–water partition coefficient (Wildman–Crippen LogP) is 2.43. The van der Waals surface area contributed by atoms with Crippen LogP contribution in [0.4, 0.5) is 10.5 Å². The van der Waals surface area contributed by atoms with Crippen LogP contribution in [-0.4, -0.2) is 52.1 Å². The molecule has 2 aliphatic rings. The molecule has 0 radical (unpaired) electrons. The van der Waals surface area contributed by atoms with Crippen molar-refractivity contribution in [2.24, 2.45) is 5.92 Å². The van der Waals surface area contributed by atoms with Crippen molar-refractivity contribution in [1.29, 1.82) is 0 Å². The summed E-state index contributed by atoms with van der Waals surface area (Å²) in [6, 6.07) is 7.05. The molecule has 1 aromatic carbocycles. The quantitative estimate of drug-likeness (QED) is 0.865. The summed E-state index contributed by atoms with van der Waals surface area (Å²) in [6.07, 6.45) is 1.67. The van der Waals surface area contributed by atoms with Crippen molar-refractivity contribution in [2.45, 2.75) is 51.8 Å². The highest BCUT2D eigenvalue weighted by Gasteiger charge is 2.38. The predicted molar refractivity (Wildman–Crippen MR) is 96.1 cm³/mol. The summed E-state index contributed by atoms with van der Waals surface area (Å²) in [5, 5.41) is 12.7. The van der Waals surface area contributed by atoms with Gasteiger partial charge in [-0.25, -0.2) is 4.79 Å². The number of para-hydroxylation sites is 1. The van der Waals surface area contributed by atoms with Gasteiger partial charge in [0, 0.05) is 18.8 Å². The molecule has 1 saturated heterocycles. The monoisotopic (exact) mass is 345 g/mol. The third-order valence-electron chi connectivity index (χ3n) is 5.38. The van der Waals surface area contributed by atoms with Crippen LogP contribution < -0.4 is 5.32 Å². The molecule has 0 aliphatic carbocycles. The third kappa shape index (κ3) is 3.63. The summed E-state index contributed by atoms with van der Waals surface area (Å²) in [6.45, 7) is 5.54. The van der Waals surface area contributed by atoms with Crippen LogP contribution in [0, 0.1) is 5.92 Å². The number of anilines is 1. The molecule has 25 heavy (non-hydrogen) atoms. The van der Waals surface area contributed by atoms with Crippen molar-refractivity contribution >= 4 is 17.6 Å². The minimum absolute atomic E-state index is 0.0636. The van der Waals surface area contributed by atoms with Crippen LogP contribution in [0.1, 0.15) is 38.7 Å². The average Bonchev–Trinajstić information content (AvgIpc) is 2.76. The van der Waals surface area contributed by atoms with Crippen molar-refractivity contribution in [1.82, 2.24) is 9.80 Å². The van der Waals surface area contributed by atoms with Gasteiger partial charge in [0.05, 0.1) is 12.6 Å². The molecule has 2 aliphatic heterocycles. The maximum Gasteiger partial charge on any atom is 0.321 e. The highest BCUT2D eigenvalue weighted by atomic mass is 16.3. The Hall–Kier alpha value is -2.08. The number of fused-ring (bicyclic) bond motifs is 1. The van der Waals surface area contributed by atoms with E-state index in [0.29, 0.717) is 32.5 Å². The molecule has 6 heteroatoms. The van der Waals surface area contributed by atoms with Gasteiger partial charge >= 0.3 is 6.03 Å². The summed E-state index contributed by atoms with van der Waals surface area (Å²) in [7, 11) is 0. The fourth-order valence-corrected chi connectivity index (χ4v) is 3.62. The van der Waals surface area contributed by atoms with E-state index in [4.69, 9.17) is 0 Å². The summed E-state index contributed by atoms with van der Waals surface area (Å²) in [5.74, 6) is -0.0571. The summed E-state index contributed by atoms with van der Waals surface area (Å²) in [5.41, 5.74) is 1.73. The molecule has 2 heterocycles. The average molecular weight is 345 g/mol. The van der Waals surface area contributed by atoms with E-state index in [2.05, 4.69) is 5.32 Å². The zero-order chi connectivity index (χ0) is 18.0. The van der Waals surface area contributed by atoms with Gasteiger partial charge in [0.25, 0.3) is 0 Å². The first kappa shape index (κ1) is 17.7. The van der Waals surface area contributed by atoms with E-state index in [-0.39, 0.29) is 24.0 Å². The second-order valence-electron chi connectivity index (χ2n) is 7.11. The Morgan fingerprint density at radius 1 is 1.32 bits per heavy atom. The number of carbonyl (C=O) groups is 2. The van der Waals surface area contributed by atoms with Crippen LogP contribution in [0.15, 0.2) is 24.3 Å². The van der Waals surface area contributed by atoms with Gasteiger partial charge in [0.2, 0.25) is 5.91 Å². The fourth-order valence-electron chi connectivity index (χ4n) is 3.62. The molecule has 0 bridgehead atoms. The number of aliphatic hydroxyl groups excluding tert-OH is 1. The molecule has 0 unspecified atom stereocenters. The van der Waals surface area contributed by atoms with E-state index in [1.807, 2.05) is 38.1 Å². The van der Waals surface area contributed by atoms with Gasteiger partial charge in [0.1, 0.15) is 6.04 Å². The number of hydrogen-bond donors (Lipinski definition) is 2. The number of nitrogens with one attached hydrogen (secondary N) is 1. The summed E-state index contributed by atoms with van der Waals surface area (Å²) < 4.78 is 0. The van der Waals surface area contributed by atoms with E-state index in [1.54, 1.807) is 9.80 Å². The lowest BCUT2D eigenvalue weighted by Crippen LogP contribution is -2.55. The number of aliphatic hydroxyl groups is 1. The lowest BCUT2D eigenvalue weighted by Gasteiger charge is -2.38. The lowest BCUT2D eigenvalue weighted by molar-refractivity contribution is -0.122. The van der Waals surface area contributed by atoms with Gasteiger partial charge in [-0.1, -0.05) is 38.5 Å². The highest BCUT2D eigenvalue weighted by Crippen LogP contribution is 2.28. The van der Waals surface area contributed by atoms with Crippen LogP contribution >= 0.6 is 0 Å². The molecule has 1 fully saturated rings. The maximum absolute atomic E-state index is 13.2. The standard InChI is InChI=1S/C19H27N3O3/c1-3-13(2)17-18(24)20-16-7-5-4-6-14(16)12-22(17)19(25)21-10-8-15(23)9-11-21/h4-7,13,15,17,23H,3,8-12H2,1-2H3,(H,20,24)/t13-,17-/m0/s1. The number of benzene rings is 1. The molecular weight excluding hydrogens is 318 g/mol. The van der Waals surface area contributed by atoms with E-state index in [0.717, 1.165) is 17.7 Å². The van der Waals surface area contributed by atoms with Gasteiger partial charge in [-0.05, 0) is 30.4 Å². The number of urea groups is 1. The van der Waals surface area contributed by atoms with E-state index < -0.39 is 6.04 Å². The Morgan fingerprint density at radius 3 is 2.68 bits per heavy atom. The molecular formula is C19H27N3O3. The Kier molecular flexibility index (Phi) is 5.27. The molecule has 0 aromatic heterocycles. The van der Waals surface area contributed by atoms with Crippen LogP contribution in [0.25, 0.3) is 0 Å². The topological polar surface area (TPSA) is 72.9 Å². The van der Waals surface area contributed by atoms with Crippen LogP contribution in [0.5, 0.6) is 0 Å². The van der Waals surface area contributed by atoms with Crippen molar-refractivity contribution in [3.63, 3.8) is 0 Å².